The molecule has 1 amide bonds. The van der Waals surface area contributed by atoms with Crippen molar-refractivity contribution in [3.63, 3.8) is 0 Å². The molecular formula is C21H23N3O4S2. The number of carbonyl (C=O) groups is 1. The fourth-order valence-corrected chi connectivity index (χ4v) is 4.66. The van der Waals surface area contributed by atoms with Crippen LogP contribution < -0.4 is 11.2 Å². The molecule has 0 spiro atoms. The van der Waals surface area contributed by atoms with E-state index < -0.39 is 9.84 Å². The van der Waals surface area contributed by atoms with Gasteiger partial charge in [-0.3, -0.25) is 9.63 Å². The Balaban J connectivity index is 1.85. The summed E-state index contributed by atoms with van der Waals surface area (Å²) >= 11 is 1.38. The number of aromatic nitrogens is 1. The van der Waals surface area contributed by atoms with Gasteiger partial charge in [-0.15, -0.1) is 0 Å². The highest BCUT2D eigenvalue weighted by Crippen LogP contribution is 2.34. The van der Waals surface area contributed by atoms with Crippen LogP contribution >= 0.6 is 11.3 Å². The van der Waals surface area contributed by atoms with Gasteiger partial charge in [0.25, 0.3) is 0 Å². The third-order valence-electron chi connectivity index (χ3n) is 4.45. The van der Waals surface area contributed by atoms with Gasteiger partial charge < -0.3 is 5.32 Å². The molecule has 0 saturated carbocycles. The lowest BCUT2D eigenvalue weighted by Crippen LogP contribution is -2.05. The summed E-state index contributed by atoms with van der Waals surface area (Å²) in [5, 5.41) is 3.26. The van der Waals surface area contributed by atoms with Crippen LogP contribution in [0.2, 0.25) is 0 Å². The average molecular weight is 446 g/mol. The van der Waals surface area contributed by atoms with Crippen LogP contribution in [0.4, 0.5) is 5.13 Å². The molecule has 0 atom stereocenters. The van der Waals surface area contributed by atoms with Gasteiger partial charge in [0.2, 0.25) is 5.91 Å². The SMILES string of the molecule is CC(=O)Nc1nc(CCc2ccc(CON)cc2)c(-c2ccc(S(C)(=O)=O)cc2)s1. The summed E-state index contributed by atoms with van der Waals surface area (Å²) in [6.45, 7) is 1.80. The molecule has 0 unspecified atom stereocenters. The molecule has 0 aliphatic heterocycles. The number of rotatable bonds is 8. The fourth-order valence-electron chi connectivity index (χ4n) is 2.97. The first-order valence-electron chi connectivity index (χ1n) is 9.23. The molecule has 3 aromatic rings. The maximum atomic E-state index is 11.7. The average Bonchev–Trinajstić information content (AvgIpc) is 3.09. The van der Waals surface area contributed by atoms with E-state index in [1.165, 1.54) is 24.5 Å². The Morgan fingerprint density at radius 3 is 2.27 bits per heavy atom. The minimum Gasteiger partial charge on any atom is -0.302 e. The van der Waals surface area contributed by atoms with E-state index in [-0.39, 0.29) is 10.8 Å². The molecule has 9 heteroatoms. The van der Waals surface area contributed by atoms with Crippen molar-refractivity contribution >= 4 is 32.2 Å². The van der Waals surface area contributed by atoms with E-state index in [0.29, 0.717) is 18.2 Å². The number of sulfone groups is 1. The first kappa shape index (κ1) is 22.1. The lowest BCUT2D eigenvalue weighted by Gasteiger charge is -2.05. The van der Waals surface area contributed by atoms with E-state index in [4.69, 9.17) is 5.90 Å². The number of nitrogens with two attached hydrogens (primary N) is 1. The second-order valence-corrected chi connectivity index (χ2v) is 9.91. The Labute approximate surface area is 179 Å². The molecule has 0 bridgehead atoms. The highest BCUT2D eigenvalue weighted by atomic mass is 32.2. The fraction of sp³-hybridized carbons (Fsp3) is 0.238. The van der Waals surface area contributed by atoms with Crippen LogP contribution in [0.3, 0.4) is 0 Å². The number of nitrogens with zero attached hydrogens (tertiary/aromatic N) is 1. The Morgan fingerprint density at radius 2 is 1.70 bits per heavy atom. The number of hydrogen-bond acceptors (Lipinski definition) is 7. The van der Waals surface area contributed by atoms with Crippen LogP contribution in [0.1, 0.15) is 23.7 Å². The molecule has 0 radical (unpaired) electrons. The van der Waals surface area contributed by atoms with Gasteiger partial charge in [0.05, 0.1) is 22.1 Å². The summed E-state index contributed by atoms with van der Waals surface area (Å²) in [6.07, 6.45) is 2.62. The summed E-state index contributed by atoms with van der Waals surface area (Å²) in [5.74, 6) is 4.92. The van der Waals surface area contributed by atoms with Crippen LogP contribution in [0.15, 0.2) is 53.4 Å². The van der Waals surface area contributed by atoms with Gasteiger partial charge >= 0.3 is 0 Å². The summed E-state index contributed by atoms with van der Waals surface area (Å²) in [5.41, 5.74) is 3.85. The minimum absolute atomic E-state index is 0.188. The van der Waals surface area contributed by atoms with E-state index in [0.717, 1.165) is 33.7 Å². The summed E-state index contributed by atoms with van der Waals surface area (Å²) in [6, 6.07) is 14.7. The van der Waals surface area contributed by atoms with Gasteiger partial charge in [-0.2, -0.15) is 0 Å². The van der Waals surface area contributed by atoms with Crippen LogP contribution in [0.5, 0.6) is 0 Å². The molecule has 1 heterocycles. The van der Waals surface area contributed by atoms with E-state index in [1.807, 2.05) is 24.3 Å². The molecule has 0 saturated heterocycles. The number of thiazole rings is 1. The maximum absolute atomic E-state index is 11.7. The Bertz CT molecular complexity index is 1120. The normalized spacial score (nSPS) is 11.4. The second kappa shape index (κ2) is 9.48. The van der Waals surface area contributed by atoms with Crippen LogP contribution in [-0.4, -0.2) is 25.6 Å². The van der Waals surface area contributed by atoms with E-state index in [2.05, 4.69) is 15.1 Å². The Hall–Kier alpha value is -2.59. The number of carbonyl (C=O) groups excluding carboxylic acids is 1. The topological polar surface area (TPSA) is 111 Å². The van der Waals surface area contributed by atoms with E-state index in [9.17, 15) is 13.2 Å². The van der Waals surface area contributed by atoms with Gasteiger partial charge in [0.1, 0.15) is 0 Å². The zero-order chi connectivity index (χ0) is 21.7. The van der Waals surface area contributed by atoms with Crippen molar-refractivity contribution < 1.29 is 18.0 Å². The van der Waals surface area contributed by atoms with Crippen LogP contribution in [0.25, 0.3) is 10.4 Å². The highest BCUT2D eigenvalue weighted by Gasteiger charge is 2.15. The molecule has 3 rings (SSSR count). The van der Waals surface area contributed by atoms with Gasteiger partial charge in [-0.25, -0.2) is 19.3 Å². The molecule has 3 N–H and O–H groups in total. The van der Waals surface area contributed by atoms with Crippen molar-refractivity contribution in [1.29, 1.82) is 0 Å². The van der Waals surface area contributed by atoms with Crippen LogP contribution in [0, 0.1) is 0 Å². The quantitative estimate of drug-likeness (QED) is 0.515. The van der Waals surface area contributed by atoms with Crippen molar-refractivity contribution in [2.75, 3.05) is 11.6 Å². The largest absolute Gasteiger partial charge is 0.302 e. The summed E-state index contributed by atoms with van der Waals surface area (Å²) in [4.78, 5) is 21.9. The van der Waals surface area contributed by atoms with Crippen molar-refractivity contribution in [1.82, 2.24) is 4.98 Å². The smallest absolute Gasteiger partial charge is 0.223 e. The highest BCUT2D eigenvalue weighted by molar-refractivity contribution is 7.90. The van der Waals surface area contributed by atoms with Gasteiger partial charge in [0, 0.05) is 13.2 Å². The van der Waals surface area contributed by atoms with Gasteiger partial charge in [-0.1, -0.05) is 47.7 Å². The third kappa shape index (κ3) is 5.73. The third-order valence-corrected chi connectivity index (χ3v) is 6.64. The predicted octanol–water partition coefficient (Wildman–Crippen LogP) is 3.35. The monoisotopic (exact) mass is 445 g/mol. The van der Waals surface area contributed by atoms with Gasteiger partial charge in [-0.05, 0) is 41.7 Å². The van der Waals surface area contributed by atoms with Crippen molar-refractivity contribution in [2.24, 2.45) is 5.90 Å². The zero-order valence-corrected chi connectivity index (χ0v) is 18.3. The zero-order valence-electron chi connectivity index (χ0n) is 16.7. The van der Waals surface area contributed by atoms with Crippen molar-refractivity contribution in [2.45, 2.75) is 31.3 Å². The number of nitrogens with one attached hydrogen (secondary N) is 1. The maximum Gasteiger partial charge on any atom is 0.223 e. The number of aryl methyl sites for hydroxylation is 2. The molecule has 0 fully saturated rings. The summed E-state index contributed by atoms with van der Waals surface area (Å²) in [7, 11) is -3.26. The standard InChI is InChI=1S/C21H23N3O4S2/c1-14(25)23-21-24-19(12-7-15-3-5-16(6-4-15)13-28-22)20(29-21)17-8-10-18(11-9-17)30(2,26)27/h3-6,8-11H,7,12-13,22H2,1-2H3,(H,23,24,25). The molecular weight excluding hydrogens is 422 g/mol. The predicted molar refractivity (Wildman–Crippen MR) is 118 cm³/mol. The molecule has 1 aromatic heterocycles. The molecule has 30 heavy (non-hydrogen) atoms. The van der Waals surface area contributed by atoms with E-state index >= 15 is 0 Å². The number of benzene rings is 2. The Morgan fingerprint density at radius 1 is 1.07 bits per heavy atom. The first-order valence-corrected chi connectivity index (χ1v) is 11.9. The number of amides is 1. The Kier molecular flexibility index (Phi) is 6.99. The van der Waals surface area contributed by atoms with Crippen molar-refractivity contribution in [3.05, 3.63) is 65.4 Å². The molecule has 158 valence electrons. The van der Waals surface area contributed by atoms with Crippen molar-refractivity contribution in [3.8, 4) is 10.4 Å². The molecule has 0 aliphatic rings. The number of anilines is 1. The molecule has 7 nitrogen and oxygen atoms in total. The summed E-state index contributed by atoms with van der Waals surface area (Å²) < 4.78 is 23.5. The van der Waals surface area contributed by atoms with E-state index in [1.54, 1.807) is 24.3 Å². The molecule has 2 aromatic carbocycles. The van der Waals surface area contributed by atoms with Gasteiger partial charge in [0.15, 0.2) is 15.0 Å². The lowest BCUT2D eigenvalue weighted by atomic mass is 10.0. The lowest BCUT2D eigenvalue weighted by molar-refractivity contribution is -0.114. The second-order valence-electron chi connectivity index (χ2n) is 6.90. The molecule has 0 aliphatic carbocycles. The number of hydrogen-bond donors (Lipinski definition) is 2. The van der Waals surface area contributed by atoms with Crippen LogP contribution in [-0.2, 0) is 38.9 Å². The first-order chi connectivity index (χ1) is 14.3. The minimum atomic E-state index is -3.26.